The van der Waals surface area contributed by atoms with Crippen molar-refractivity contribution in [1.29, 1.82) is 0 Å². The summed E-state index contributed by atoms with van der Waals surface area (Å²) in [6.07, 6.45) is 2.84. The maximum Gasteiger partial charge on any atom is 0.304 e. The molecule has 0 N–H and O–H groups in total. The maximum absolute atomic E-state index is 10.7. The van der Waals surface area contributed by atoms with Crippen molar-refractivity contribution in [2.24, 2.45) is 0 Å². The molecular weight excluding hydrogens is 164 g/mol. The average Bonchev–Trinajstić information content (AvgIpc) is 2.01. The molecule has 0 heterocycles. The van der Waals surface area contributed by atoms with Crippen LogP contribution in [0, 0.1) is 0 Å². The SMILES string of the molecule is CCCCOS(=O)OCCC. The summed E-state index contributed by atoms with van der Waals surface area (Å²) in [5, 5.41) is 0. The molecule has 0 spiro atoms. The predicted molar refractivity (Wildman–Crippen MR) is 45.2 cm³/mol. The Morgan fingerprint density at radius 3 is 2.27 bits per heavy atom. The zero-order chi connectivity index (χ0) is 8.53. The van der Waals surface area contributed by atoms with Gasteiger partial charge in [-0.05, 0) is 12.8 Å². The lowest BCUT2D eigenvalue weighted by Crippen LogP contribution is -2.03. The van der Waals surface area contributed by atoms with Crippen LogP contribution in [0.15, 0.2) is 0 Å². The summed E-state index contributed by atoms with van der Waals surface area (Å²) < 4.78 is 20.4. The van der Waals surface area contributed by atoms with Gasteiger partial charge >= 0.3 is 11.4 Å². The van der Waals surface area contributed by atoms with Crippen molar-refractivity contribution in [2.45, 2.75) is 33.1 Å². The summed E-state index contributed by atoms with van der Waals surface area (Å²) in [5.74, 6) is 0. The first-order chi connectivity index (χ1) is 5.31. The van der Waals surface area contributed by atoms with E-state index in [1.165, 1.54) is 0 Å². The van der Waals surface area contributed by atoms with Gasteiger partial charge in [-0.25, -0.2) is 0 Å². The van der Waals surface area contributed by atoms with Gasteiger partial charge in [-0.3, -0.25) is 8.37 Å². The van der Waals surface area contributed by atoms with E-state index in [2.05, 4.69) is 6.92 Å². The molecule has 0 aliphatic rings. The Hall–Kier alpha value is 0.0700. The zero-order valence-electron chi connectivity index (χ0n) is 7.17. The van der Waals surface area contributed by atoms with Crippen molar-refractivity contribution in [3.8, 4) is 0 Å². The Balaban J connectivity index is 3.09. The fraction of sp³-hybridized carbons (Fsp3) is 1.00. The third-order valence-corrected chi connectivity index (χ3v) is 1.78. The van der Waals surface area contributed by atoms with Crippen molar-refractivity contribution >= 4 is 11.4 Å². The normalized spacial score (nSPS) is 13.3. The number of unbranched alkanes of at least 4 members (excludes halogenated alkanes) is 1. The molecule has 0 aliphatic carbocycles. The molecule has 0 saturated carbocycles. The Kier molecular flexibility index (Phi) is 8.22. The van der Waals surface area contributed by atoms with Crippen molar-refractivity contribution in [3.63, 3.8) is 0 Å². The fourth-order valence-corrected chi connectivity index (χ4v) is 1.08. The predicted octanol–water partition coefficient (Wildman–Crippen LogP) is 1.81. The van der Waals surface area contributed by atoms with Crippen LogP contribution in [0.5, 0.6) is 0 Å². The van der Waals surface area contributed by atoms with Gasteiger partial charge in [0, 0.05) is 0 Å². The lowest BCUT2D eigenvalue weighted by Gasteiger charge is -2.00. The van der Waals surface area contributed by atoms with E-state index in [-0.39, 0.29) is 0 Å². The van der Waals surface area contributed by atoms with Crippen molar-refractivity contribution in [2.75, 3.05) is 13.2 Å². The molecule has 0 aliphatic heterocycles. The number of rotatable bonds is 7. The molecule has 0 fully saturated rings. The molecule has 1 unspecified atom stereocenters. The molecule has 0 rings (SSSR count). The minimum atomic E-state index is -1.52. The monoisotopic (exact) mass is 180 g/mol. The molecule has 1 atom stereocenters. The largest absolute Gasteiger partial charge is 0.304 e. The van der Waals surface area contributed by atoms with Crippen LogP contribution in [0.2, 0.25) is 0 Å². The van der Waals surface area contributed by atoms with Crippen LogP contribution < -0.4 is 0 Å². The van der Waals surface area contributed by atoms with Crippen LogP contribution in [0.4, 0.5) is 0 Å². The first-order valence-electron chi connectivity index (χ1n) is 3.99. The van der Waals surface area contributed by atoms with E-state index >= 15 is 0 Å². The van der Waals surface area contributed by atoms with E-state index in [0.717, 1.165) is 19.3 Å². The summed E-state index contributed by atoms with van der Waals surface area (Å²) in [4.78, 5) is 0. The van der Waals surface area contributed by atoms with Crippen molar-refractivity contribution in [1.82, 2.24) is 0 Å². The van der Waals surface area contributed by atoms with Crippen LogP contribution in [0.25, 0.3) is 0 Å². The topological polar surface area (TPSA) is 35.5 Å². The van der Waals surface area contributed by atoms with E-state index < -0.39 is 11.4 Å². The van der Waals surface area contributed by atoms with Crippen LogP contribution in [-0.2, 0) is 19.7 Å². The van der Waals surface area contributed by atoms with Gasteiger partial charge in [-0.2, -0.15) is 4.21 Å². The van der Waals surface area contributed by atoms with Gasteiger partial charge in [-0.1, -0.05) is 20.3 Å². The van der Waals surface area contributed by atoms with Gasteiger partial charge in [0.1, 0.15) is 0 Å². The van der Waals surface area contributed by atoms with Crippen molar-refractivity contribution < 1.29 is 12.6 Å². The Morgan fingerprint density at radius 2 is 1.73 bits per heavy atom. The molecule has 0 saturated heterocycles. The summed E-state index contributed by atoms with van der Waals surface area (Å²) in [7, 11) is 0. The second-order valence-electron chi connectivity index (χ2n) is 2.20. The highest BCUT2D eigenvalue weighted by Crippen LogP contribution is 1.94. The average molecular weight is 180 g/mol. The third-order valence-electron chi connectivity index (χ3n) is 1.06. The van der Waals surface area contributed by atoms with Gasteiger partial charge in [0.25, 0.3) is 0 Å². The molecule has 0 aromatic rings. The van der Waals surface area contributed by atoms with Crippen LogP contribution in [0.1, 0.15) is 33.1 Å². The Morgan fingerprint density at radius 1 is 1.09 bits per heavy atom. The molecule has 0 bridgehead atoms. The lowest BCUT2D eigenvalue weighted by molar-refractivity contribution is 0.247. The third kappa shape index (κ3) is 7.97. The minimum Gasteiger partial charge on any atom is -0.268 e. The molecule has 11 heavy (non-hydrogen) atoms. The molecule has 0 aromatic heterocycles. The van der Waals surface area contributed by atoms with Crippen LogP contribution in [-0.4, -0.2) is 17.4 Å². The summed E-state index contributed by atoms with van der Waals surface area (Å²) in [6, 6.07) is 0. The highest BCUT2D eigenvalue weighted by Gasteiger charge is 1.97. The minimum absolute atomic E-state index is 0.499. The quantitative estimate of drug-likeness (QED) is 0.560. The molecule has 3 nitrogen and oxygen atoms in total. The van der Waals surface area contributed by atoms with E-state index in [1.54, 1.807) is 0 Å². The molecular formula is C7H16O3S. The molecule has 4 heteroatoms. The van der Waals surface area contributed by atoms with Gasteiger partial charge < -0.3 is 0 Å². The number of hydrogen-bond donors (Lipinski definition) is 0. The molecule has 0 amide bonds. The van der Waals surface area contributed by atoms with Gasteiger partial charge in [0.2, 0.25) is 0 Å². The van der Waals surface area contributed by atoms with Crippen LogP contribution >= 0.6 is 0 Å². The van der Waals surface area contributed by atoms with E-state index in [0.29, 0.717) is 13.2 Å². The molecule has 0 aromatic carbocycles. The van der Waals surface area contributed by atoms with Crippen molar-refractivity contribution in [3.05, 3.63) is 0 Å². The highest BCUT2D eigenvalue weighted by molar-refractivity contribution is 7.75. The Bertz CT molecular complexity index is 106. The van der Waals surface area contributed by atoms with Crippen LogP contribution in [0.3, 0.4) is 0 Å². The van der Waals surface area contributed by atoms with E-state index in [9.17, 15) is 4.21 Å². The molecule has 68 valence electrons. The van der Waals surface area contributed by atoms with Gasteiger partial charge in [0.05, 0.1) is 13.2 Å². The summed E-state index contributed by atoms with van der Waals surface area (Å²) in [6.45, 7) is 5.04. The van der Waals surface area contributed by atoms with Gasteiger partial charge in [-0.15, -0.1) is 0 Å². The highest BCUT2D eigenvalue weighted by atomic mass is 32.2. The zero-order valence-corrected chi connectivity index (χ0v) is 7.99. The maximum atomic E-state index is 10.7. The molecule has 0 radical (unpaired) electrons. The van der Waals surface area contributed by atoms with E-state index in [4.69, 9.17) is 8.37 Å². The lowest BCUT2D eigenvalue weighted by atomic mass is 10.4. The summed E-state index contributed by atoms with van der Waals surface area (Å²) >= 11 is -1.52. The Labute approximate surface area is 70.9 Å². The standard InChI is InChI=1S/C7H16O3S/c1-3-5-7-10-11(8)9-6-4-2/h3-7H2,1-2H3. The number of hydrogen-bond acceptors (Lipinski definition) is 3. The first kappa shape index (κ1) is 11.1. The van der Waals surface area contributed by atoms with Gasteiger partial charge in [0.15, 0.2) is 0 Å². The smallest absolute Gasteiger partial charge is 0.268 e. The first-order valence-corrected chi connectivity index (χ1v) is 4.99. The fourth-order valence-electron chi connectivity index (χ4n) is 0.457. The second kappa shape index (κ2) is 8.17. The summed E-state index contributed by atoms with van der Waals surface area (Å²) in [5.41, 5.74) is 0. The van der Waals surface area contributed by atoms with E-state index in [1.807, 2.05) is 6.92 Å². The second-order valence-corrected chi connectivity index (χ2v) is 3.08.